The second-order valence-electron chi connectivity index (χ2n) is 4.83. The molecule has 2 aromatic rings. The average Bonchev–Trinajstić information content (AvgIpc) is 2.50. The summed E-state index contributed by atoms with van der Waals surface area (Å²) in [6.45, 7) is 3.29. The van der Waals surface area contributed by atoms with E-state index in [4.69, 9.17) is 9.47 Å². The zero-order valence-corrected chi connectivity index (χ0v) is 11.7. The van der Waals surface area contributed by atoms with Crippen molar-refractivity contribution in [3.05, 3.63) is 53.3 Å². The Balaban J connectivity index is 1.99. The molecule has 1 aromatic carbocycles. The quantitative estimate of drug-likeness (QED) is 0.930. The first-order chi connectivity index (χ1) is 9.79. The largest absolute Gasteiger partial charge is 0.486 e. The van der Waals surface area contributed by atoms with E-state index in [0.717, 1.165) is 22.8 Å². The van der Waals surface area contributed by atoms with Crippen LogP contribution in [0.15, 0.2) is 36.5 Å². The summed E-state index contributed by atoms with van der Waals surface area (Å²) >= 11 is 0. The number of hydrogen-bond acceptors (Lipinski definition) is 4. The summed E-state index contributed by atoms with van der Waals surface area (Å²) in [6.07, 6.45) is 1.82. The molecule has 0 aliphatic carbocycles. The summed E-state index contributed by atoms with van der Waals surface area (Å²) in [5.74, 6) is 1.62. The van der Waals surface area contributed by atoms with Crippen LogP contribution in [0.1, 0.15) is 22.9 Å². The van der Waals surface area contributed by atoms with E-state index in [1.54, 1.807) is 0 Å². The Labute approximate surface area is 118 Å². The van der Waals surface area contributed by atoms with Crippen molar-refractivity contribution in [2.24, 2.45) is 0 Å². The van der Waals surface area contributed by atoms with Gasteiger partial charge in [-0.3, -0.25) is 4.98 Å². The lowest BCUT2D eigenvalue weighted by molar-refractivity contribution is 0.171. The Hall–Kier alpha value is -2.07. The number of nitrogens with zero attached hydrogens (tertiary/aromatic N) is 1. The molecule has 2 heterocycles. The second-order valence-corrected chi connectivity index (χ2v) is 4.83. The average molecular weight is 270 g/mol. The third-order valence-corrected chi connectivity index (χ3v) is 3.51. The molecule has 20 heavy (non-hydrogen) atoms. The molecule has 0 saturated carbocycles. The zero-order chi connectivity index (χ0) is 13.9. The van der Waals surface area contributed by atoms with E-state index in [1.807, 2.05) is 31.4 Å². The van der Waals surface area contributed by atoms with Crippen LogP contribution in [0, 0.1) is 6.92 Å². The highest BCUT2D eigenvalue weighted by Gasteiger charge is 2.19. The fourth-order valence-corrected chi connectivity index (χ4v) is 2.50. The van der Waals surface area contributed by atoms with Gasteiger partial charge in [0.25, 0.3) is 0 Å². The molecule has 0 spiro atoms. The summed E-state index contributed by atoms with van der Waals surface area (Å²) in [5, 5.41) is 3.32. The van der Waals surface area contributed by atoms with Gasteiger partial charge in [-0.1, -0.05) is 12.1 Å². The molecule has 1 aliphatic heterocycles. The standard InChI is InChI=1S/C16H18N2O2/c1-11-4-3-7-18-15(11)16(17-2)12-5-6-13-14(10-12)20-9-8-19-13/h3-7,10,16-17H,8-9H2,1-2H3. The topological polar surface area (TPSA) is 43.4 Å². The lowest BCUT2D eigenvalue weighted by Crippen LogP contribution is -2.21. The molecule has 0 radical (unpaired) electrons. The minimum Gasteiger partial charge on any atom is -0.486 e. The number of benzene rings is 1. The van der Waals surface area contributed by atoms with Crippen LogP contribution in [0.4, 0.5) is 0 Å². The molecule has 0 fully saturated rings. The van der Waals surface area contributed by atoms with E-state index in [0.29, 0.717) is 13.2 Å². The van der Waals surface area contributed by atoms with E-state index < -0.39 is 0 Å². The second kappa shape index (κ2) is 5.51. The highest BCUT2D eigenvalue weighted by Crippen LogP contribution is 2.34. The van der Waals surface area contributed by atoms with Crippen molar-refractivity contribution >= 4 is 0 Å². The Morgan fingerprint density at radius 1 is 1.15 bits per heavy atom. The van der Waals surface area contributed by atoms with Crippen molar-refractivity contribution in [3.63, 3.8) is 0 Å². The van der Waals surface area contributed by atoms with Gasteiger partial charge in [-0.2, -0.15) is 0 Å². The van der Waals surface area contributed by atoms with Gasteiger partial charge in [-0.05, 0) is 43.3 Å². The van der Waals surface area contributed by atoms with Gasteiger partial charge in [0.15, 0.2) is 11.5 Å². The van der Waals surface area contributed by atoms with Crippen LogP contribution >= 0.6 is 0 Å². The minimum absolute atomic E-state index is 0.0482. The third-order valence-electron chi connectivity index (χ3n) is 3.51. The molecule has 0 amide bonds. The van der Waals surface area contributed by atoms with Crippen molar-refractivity contribution in [1.29, 1.82) is 0 Å². The fraction of sp³-hybridized carbons (Fsp3) is 0.312. The Morgan fingerprint density at radius 2 is 1.95 bits per heavy atom. The summed E-state index contributed by atoms with van der Waals surface area (Å²) in [5.41, 5.74) is 3.33. The first-order valence-electron chi connectivity index (χ1n) is 6.78. The van der Waals surface area contributed by atoms with Crippen LogP contribution in [0.2, 0.25) is 0 Å². The van der Waals surface area contributed by atoms with E-state index >= 15 is 0 Å². The summed E-state index contributed by atoms with van der Waals surface area (Å²) < 4.78 is 11.2. The highest BCUT2D eigenvalue weighted by atomic mass is 16.6. The minimum atomic E-state index is 0.0482. The number of ether oxygens (including phenoxy) is 2. The molecule has 1 N–H and O–H groups in total. The number of rotatable bonds is 3. The molecule has 1 atom stereocenters. The molecular formula is C16H18N2O2. The normalized spacial score (nSPS) is 14.9. The molecule has 1 aliphatic rings. The molecule has 0 saturated heterocycles. The van der Waals surface area contributed by atoms with E-state index in [-0.39, 0.29) is 6.04 Å². The van der Waals surface area contributed by atoms with Crippen molar-refractivity contribution < 1.29 is 9.47 Å². The van der Waals surface area contributed by atoms with Gasteiger partial charge in [-0.25, -0.2) is 0 Å². The van der Waals surface area contributed by atoms with Crippen LogP contribution < -0.4 is 14.8 Å². The maximum atomic E-state index is 5.65. The maximum absolute atomic E-state index is 5.65. The number of aromatic nitrogens is 1. The van der Waals surface area contributed by atoms with Crippen LogP contribution in [-0.2, 0) is 0 Å². The summed E-state index contributed by atoms with van der Waals surface area (Å²) in [4.78, 5) is 4.50. The van der Waals surface area contributed by atoms with Gasteiger partial charge in [0.2, 0.25) is 0 Å². The SMILES string of the molecule is CNC(c1ccc2c(c1)OCCO2)c1ncccc1C. The Morgan fingerprint density at radius 3 is 2.70 bits per heavy atom. The first-order valence-corrected chi connectivity index (χ1v) is 6.78. The van der Waals surface area contributed by atoms with Crippen LogP contribution in [0.3, 0.4) is 0 Å². The maximum Gasteiger partial charge on any atom is 0.161 e. The number of aryl methyl sites for hydroxylation is 1. The van der Waals surface area contributed by atoms with E-state index in [9.17, 15) is 0 Å². The smallest absolute Gasteiger partial charge is 0.161 e. The fourth-order valence-electron chi connectivity index (χ4n) is 2.50. The number of hydrogen-bond donors (Lipinski definition) is 1. The number of fused-ring (bicyclic) bond motifs is 1. The number of nitrogens with one attached hydrogen (secondary N) is 1. The predicted octanol–water partition coefficient (Wildman–Crippen LogP) is 2.47. The number of pyridine rings is 1. The van der Waals surface area contributed by atoms with Gasteiger partial charge in [0, 0.05) is 6.20 Å². The molecule has 4 heteroatoms. The van der Waals surface area contributed by atoms with Crippen molar-refractivity contribution in [3.8, 4) is 11.5 Å². The highest BCUT2D eigenvalue weighted by molar-refractivity contribution is 5.46. The van der Waals surface area contributed by atoms with Crippen LogP contribution in [0.25, 0.3) is 0 Å². The molecule has 3 rings (SSSR count). The van der Waals surface area contributed by atoms with Crippen molar-refractivity contribution in [1.82, 2.24) is 10.3 Å². The Bertz CT molecular complexity index is 613. The van der Waals surface area contributed by atoms with Crippen LogP contribution in [-0.4, -0.2) is 25.2 Å². The lowest BCUT2D eigenvalue weighted by Gasteiger charge is -2.22. The molecule has 104 valence electrons. The first kappa shape index (κ1) is 12.9. The molecule has 1 unspecified atom stereocenters. The molecule has 1 aromatic heterocycles. The summed E-state index contributed by atoms with van der Waals surface area (Å²) in [6, 6.07) is 10.1. The predicted molar refractivity (Wildman–Crippen MR) is 77.3 cm³/mol. The lowest BCUT2D eigenvalue weighted by atomic mass is 9.99. The molecule has 0 bridgehead atoms. The zero-order valence-electron chi connectivity index (χ0n) is 11.7. The van der Waals surface area contributed by atoms with E-state index in [2.05, 4.69) is 29.4 Å². The molecule has 4 nitrogen and oxygen atoms in total. The molecular weight excluding hydrogens is 252 g/mol. The van der Waals surface area contributed by atoms with Gasteiger partial charge < -0.3 is 14.8 Å². The van der Waals surface area contributed by atoms with Crippen molar-refractivity contribution in [2.75, 3.05) is 20.3 Å². The van der Waals surface area contributed by atoms with Gasteiger partial charge in [-0.15, -0.1) is 0 Å². The summed E-state index contributed by atoms with van der Waals surface area (Å²) in [7, 11) is 1.94. The monoisotopic (exact) mass is 270 g/mol. The van der Waals surface area contributed by atoms with Gasteiger partial charge in [0.1, 0.15) is 13.2 Å². The van der Waals surface area contributed by atoms with E-state index in [1.165, 1.54) is 5.56 Å². The van der Waals surface area contributed by atoms with Crippen molar-refractivity contribution in [2.45, 2.75) is 13.0 Å². The third kappa shape index (κ3) is 2.34. The Kier molecular flexibility index (Phi) is 3.56. The van der Waals surface area contributed by atoms with Crippen LogP contribution in [0.5, 0.6) is 11.5 Å². The van der Waals surface area contributed by atoms with Gasteiger partial charge in [0.05, 0.1) is 11.7 Å². The van der Waals surface area contributed by atoms with Gasteiger partial charge >= 0.3 is 0 Å².